The van der Waals surface area contributed by atoms with Crippen molar-refractivity contribution in [2.45, 2.75) is 56.9 Å². The molecule has 0 amide bonds. The topological polar surface area (TPSA) is 86.7 Å². The van der Waals surface area contributed by atoms with Crippen molar-refractivity contribution < 1.29 is 26.5 Å². The summed E-state index contributed by atoms with van der Waals surface area (Å²) in [5.74, 6) is -4.05. The monoisotopic (exact) mass is 558 g/mol. The molecule has 2 bridgehead atoms. The Morgan fingerprint density at radius 3 is 1.90 bits per heavy atom. The van der Waals surface area contributed by atoms with Gasteiger partial charge in [0.2, 0.25) is 0 Å². The number of nitrogens with one attached hydrogen (secondary N) is 1. The SMILES string of the molecule is CC1(C)C2CCC1(CS(=O)(=O)O)C(=O)C2.FC1(F)[C@@H]2c3ccccc3C(N3CCNCC3)c3ccccc3[C@@H]21. The van der Waals surface area contributed by atoms with Crippen molar-refractivity contribution in [3.05, 3.63) is 70.8 Å². The third-order valence-electron chi connectivity index (χ3n) is 10.4. The van der Waals surface area contributed by atoms with Gasteiger partial charge in [0.15, 0.2) is 0 Å². The number of piperazine rings is 1. The van der Waals surface area contributed by atoms with Crippen molar-refractivity contribution in [1.29, 1.82) is 0 Å². The van der Waals surface area contributed by atoms with E-state index in [1.165, 1.54) is 0 Å². The first-order chi connectivity index (χ1) is 18.4. The summed E-state index contributed by atoms with van der Waals surface area (Å²) < 4.78 is 60.1. The van der Waals surface area contributed by atoms with E-state index in [1.54, 1.807) is 0 Å². The average molecular weight is 559 g/mol. The van der Waals surface area contributed by atoms with Crippen molar-refractivity contribution in [1.82, 2.24) is 10.2 Å². The Kier molecular flexibility index (Phi) is 6.34. The van der Waals surface area contributed by atoms with Crippen molar-refractivity contribution >= 4 is 15.9 Å². The van der Waals surface area contributed by atoms with Crippen LogP contribution >= 0.6 is 0 Å². The Morgan fingerprint density at radius 2 is 1.46 bits per heavy atom. The van der Waals surface area contributed by atoms with Crippen molar-refractivity contribution in [3.63, 3.8) is 0 Å². The molecule has 0 aromatic heterocycles. The van der Waals surface area contributed by atoms with E-state index in [9.17, 15) is 22.0 Å². The molecule has 1 heterocycles. The van der Waals surface area contributed by atoms with E-state index in [2.05, 4.69) is 22.3 Å². The van der Waals surface area contributed by atoms with Gasteiger partial charge in [-0.2, -0.15) is 8.42 Å². The molecule has 4 fully saturated rings. The second-order valence-corrected chi connectivity index (χ2v) is 13.9. The van der Waals surface area contributed by atoms with Crippen molar-refractivity contribution in [2.24, 2.45) is 16.7 Å². The fraction of sp³-hybridized carbons (Fsp3) is 0.567. The number of fused-ring (bicyclic) bond motifs is 7. The smallest absolute Gasteiger partial charge is 0.265 e. The number of hydrogen-bond donors (Lipinski definition) is 2. The van der Waals surface area contributed by atoms with Gasteiger partial charge >= 0.3 is 0 Å². The van der Waals surface area contributed by atoms with Gasteiger partial charge in [-0.25, -0.2) is 8.78 Å². The van der Waals surface area contributed by atoms with Gasteiger partial charge in [-0.15, -0.1) is 0 Å². The molecule has 1 saturated heterocycles. The summed E-state index contributed by atoms with van der Waals surface area (Å²) in [7, 11) is -4.08. The van der Waals surface area contributed by atoms with Crippen molar-refractivity contribution in [3.8, 4) is 0 Å². The summed E-state index contributed by atoms with van der Waals surface area (Å²) in [6, 6.07) is 15.8. The summed E-state index contributed by atoms with van der Waals surface area (Å²) in [5, 5.41) is 3.39. The molecule has 5 atom stereocenters. The van der Waals surface area contributed by atoms with E-state index in [4.69, 9.17) is 4.55 Å². The lowest BCUT2D eigenvalue weighted by Gasteiger charge is -2.37. The molecule has 0 spiro atoms. The van der Waals surface area contributed by atoms with Crippen LogP contribution in [0.5, 0.6) is 0 Å². The number of rotatable bonds is 3. The highest BCUT2D eigenvalue weighted by Gasteiger charge is 2.71. The van der Waals surface area contributed by atoms with Gasteiger partial charge in [0.05, 0.1) is 29.0 Å². The number of carbonyl (C=O) groups excluding carboxylic acids is 1. The predicted molar refractivity (Wildman–Crippen MR) is 145 cm³/mol. The standard InChI is InChI=1S/C20H20F2N2.C10H16O4S/c21-20(22)17-13-5-1-3-7-15(13)19(24-11-9-23-10-12-24)16-8-4-2-6-14(16)18(17)20;1-9(2)7-3-4-10(9,8(11)5-7)6-15(12,13)14/h1-8,17-19,23H,9-12H2;7H,3-6H2,1-2H3,(H,12,13,14)/t17-,18+,19?;. The minimum Gasteiger partial charge on any atom is -0.314 e. The highest BCUT2D eigenvalue weighted by Crippen LogP contribution is 2.70. The van der Waals surface area contributed by atoms with Crippen LogP contribution in [0.3, 0.4) is 0 Å². The lowest BCUT2D eigenvalue weighted by atomic mass is 9.70. The fourth-order valence-electron chi connectivity index (χ4n) is 8.11. The van der Waals surface area contributed by atoms with E-state index in [-0.39, 0.29) is 23.2 Å². The van der Waals surface area contributed by atoms with E-state index >= 15 is 0 Å². The summed E-state index contributed by atoms with van der Waals surface area (Å²) in [5.41, 5.74) is 2.69. The molecule has 6 nitrogen and oxygen atoms in total. The summed E-state index contributed by atoms with van der Waals surface area (Å²) in [6.45, 7) is 7.67. The van der Waals surface area contributed by atoms with Gasteiger partial charge in [0, 0.05) is 32.6 Å². The number of halogens is 2. The van der Waals surface area contributed by atoms with Crippen LogP contribution in [0.4, 0.5) is 8.78 Å². The zero-order valence-corrected chi connectivity index (χ0v) is 23.2. The van der Waals surface area contributed by atoms with Crippen LogP contribution in [0.25, 0.3) is 0 Å². The van der Waals surface area contributed by atoms with Gasteiger partial charge in [-0.3, -0.25) is 14.2 Å². The number of nitrogens with zero attached hydrogens (tertiary/aromatic N) is 1. The Bertz CT molecular complexity index is 1350. The summed E-state index contributed by atoms with van der Waals surface area (Å²) in [6.07, 6.45) is 1.97. The van der Waals surface area contributed by atoms with Crippen LogP contribution in [0.15, 0.2) is 48.5 Å². The van der Waals surface area contributed by atoms with Gasteiger partial charge in [0.1, 0.15) is 5.78 Å². The number of alkyl halides is 2. The zero-order valence-electron chi connectivity index (χ0n) is 22.4. The van der Waals surface area contributed by atoms with Crippen LogP contribution in [0.1, 0.15) is 73.2 Å². The van der Waals surface area contributed by atoms with Gasteiger partial charge < -0.3 is 5.32 Å². The minimum absolute atomic E-state index is 0.0152. The van der Waals surface area contributed by atoms with E-state index in [1.807, 2.05) is 50.2 Å². The Hall–Kier alpha value is -2.20. The molecule has 3 saturated carbocycles. The van der Waals surface area contributed by atoms with Gasteiger partial charge in [-0.1, -0.05) is 62.4 Å². The lowest BCUT2D eigenvalue weighted by molar-refractivity contribution is -0.128. The largest absolute Gasteiger partial charge is 0.314 e. The quantitative estimate of drug-likeness (QED) is 0.528. The van der Waals surface area contributed by atoms with Crippen LogP contribution in [0, 0.1) is 16.7 Å². The highest BCUT2D eigenvalue weighted by molar-refractivity contribution is 7.85. The number of carbonyl (C=O) groups is 1. The number of hydrogen-bond acceptors (Lipinski definition) is 5. The fourth-order valence-corrected chi connectivity index (χ4v) is 9.41. The first-order valence-electron chi connectivity index (χ1n) is 13.9. The third-order valence-corrected chi connectivity index (χ3v) is 11.2. The summed E-state index contributed by atoms with van der Waals surface area (Å²) in [4.78, 5) is 14.3. The van der Waals surface area contributed by atoms with Crippen LogP contribution in [-0.4, -0.2) is 61.5 Å². The molecule has 39 heavy (non-hydrogen) atoms. The Morgan fingerprint density at radius 1 is 0.949 bits per heavy atom. The van der Waals surface area contributed by atoms with Crippen molar-refractivity contribution in [2.75, 3.05) is 31.9 Å². The molecule has 0 radical (unpaired) electrons. The summed E-state index contributed by atoms with van der Waals surface area (Å²) >= 11 is 0. The molecule has 7 rings (SSSR count). The van der Waals surface area contributed by atoms with Gasteiger partial charge in [-0.05, 0) is 46.4 Å². The van der Waals surface area contributed by atoms with Crippen LogP contribution in [-0.2, 0) is 14.9 Å². The molecule has 9 heteroatoms. The Labute approximate surface area is 228 Å². The molecule has 3 unspecified atom stereocenters. The molecular formula is C30H36F2N2O4S. The van der Waals surface area contributed by atoms with E-state index in [0.29, 0.717) is 12.8 Å². The maximum absolute atomic E-state index is 14.6. The first-order valence-corrected chi connectivity index (χ1v) is 15.5. The third kappa shape index (κ3) is 4.19. The molecule has 2 aromatic rings. The average Bonchev–Trinajstić information content (AvgIpc) is 3.36. The lowest BCUT2D eigenvalue weighted by Crippen LogP contribution is -2.45. The molecule has 1 aliphatic heterocycles. The highest BCUT2D eigenvalue weighted by atomic mass is 32.2. The second-order valence-electron chi connectivity index (χ2n) is 12.5. The van der Waals surface area contributed by atoms with Crippen LogP contribution in [0.2, 0.25) is 0 Å². The predicted octanol–water partition coefficient (Wildman–Crippen LogP) is 4.78. The molecule has 4 aliphatic carbocycles. The molecular weight excluding hydrogens is 522 g/mol. The molecule has 5 aliphatic rings. The molecule has 2 N–H and O–H groups in total. The van der Waals surface area contributed by atoms with Gasteiger partial charge in [0.25, 0.3) is 16.0 Å². The molecule has 210 valence electrons. The Balaban J connectivity index is 0.000000159. The van der Waals surface area contributed by atoms with Crippen LogP contribution < -0.4 is 5.32 Å². The number of Topliss-reactive ketones (excluding diaryl/α,β-unsaturated/α-hetero) is 1. The maximum Gasteiger partial charge on any atom is 0.265 e. The normalized spacial score (nSPS) is 33.7. The minimum atomic E-state index is -4.08. The molecule has 2 aromatic carbocycles. The number of ketones is 1. The zero-order chi connectivity index (χ0) is 27.8. The maximum atomic E-state index is 14.6. The second kappa shape index (κ2) is 9.16. The van der Waals surface area contributed by atoms with E-state index < -0.39 is 39.0 Å². The number of benzene rings is 2. The van der Waals surface area contributed by atoms with E-state index in [0.717, 1.165) is 54.9 Å². The first kappa shape index (κ1) is 27.0.